The highest BCUT2D eigenvalue weighted by atomic mass is 32.2. The van der Waals surface area contributed by atoms with Crippen molar-refractivity contribution < 1.29 is 22.7 Å². The van der Waals surface area contributed by atoms with E-state index in [0.29, 0.717) is 16.3 Å². The van der Waals surface area contributed by atoms with E-state index >= 15 is 0 Å². The lowest BCUT2D eigenvalue weighted by molar-refractivity contribution is -0.274. The summed E-state index contributed by atoms with van der Waals surface area (Å²) in [6, 6.07) is 10.4. The molecule has 9 heteroatoms. The van der Waals surface area contributed by atoms with Crippen LogP contribution in [0.15, 0.2) is 41.4 Å². The van der Waals surface area contributed by atoms with Crippen LogP contribution >= 0.6 is 11.8 Å². The summed E-state index contributed by atoms with van der Waals surface area (Å²) in [5, 5.41) is 12.2. The maximum absolute atomic E-state index is 12.1. The molecule has 0 bridgehead atoms. The second-order valence-corrected chi connectivity index (χ2v) is 6.39. The Hall–Kier alpha value is -2.73. The van der Waals surface area contributed by atoms with Gasteiger partial charge in [-0.05, 0) is 42.8 Å². The molecule has 1 N–H and O–H groups in total. The molecule has 0 unspecified atom stereocenters. The quantitative estimate of drug-likeness (QED) is 0.697. The van der Waals surface area contributed by atoms with Gasteiger partial charge in [0, 0.05) is 11.4 Å². The first-order valence-electron chi connectivity index (χ1n) is 7.99. The van der Waals surface area contributed by atoms with Gasteiger partial charge >= 0.3 is 6.36 Å². The molecule has 27 heavy (non-hydrogen) atoms. The highest BCUT2D eigenvalue weighted by Crippen LogP contribution is 2.25. The van der Waals surface area contributed by atoms with E-state index in [2.05, 4.69) is 15.0 Å². The van der Waals surface area contributed by atoms with Crippen LogP contribution in [-0.2, 0) is 11.2 Å². The Morgan fingerprint density at radius 3 is 2.56 bits per heavy atom. The SMILES string of the molecule is CCCc1ccc(C#N)c(SCC(=O)Nc2ccc(OC(F)(F)F)cc2)n1. The van der Waals surface area contributed by atoms with Crippen molar-refractivity contribution in [1.29, 1.82) is 5.26 Å². The van der Waals surface area contributed by atoms with Crippen LogP contribution in [0.25, 0.3) is 0 Å². The predicted molar refractivity (Wildman–Crippen MR) is 95.4 cm³/mol. The zero-order valence-corrected chi connectivity index (χ0v) is 15.2. The van der Waals surface area contributed by atoms with E-state index in [0.717, 1.165) is 42.4 Å². The molecule has 1 aromatic carbocycles. The second-order valence-electron chi connectivity index (χ2n) is 5.43. The lowest BCUT2D eigenvalue weighted by Gasteiger charge is -2.10. The molecule has 2 rings (SSSR count). The Bertz CT molecular complexity index is 833. The summed E-state index contributed by atoms with van der Waals surface area (Å²) in [6.07, 6.45) is -3.07. The molecule has 5 nitrogen and oxygen atoms in total. The summed E-state index contributed by atoms with van der Waals surface area (Å²) in [7, 11) is 0. The largest absolute Gasteiger partial charge is 0.573 e. The Balaban J connectivity index is 1.95. The van der Waals surface area contributed by atoms with Crippen molar-refractivity contribution in [2.75, 3.05) is 11.1 Å². The smallest absolute Gasteiger partial charge is 0.406 e. The molecule has 0 radical (unpaired) electrons. The summed E-state index contributed by atoms with van der Waals surface area (Å²) >= 11 is 1.13. The minimum atomic E-state index is -4.76. The van der Waals surface area contributed by atoms with Crippen LogP contribution in [0.5, 0.6) is 5.75 Å². The number of carbonyl (C=O) groups is 1. The van der Waals surface area contributed by atoms with Crippen LogP contribution in [0.4, 0.5) is 18.9 Å². The number of nitrogens with zero attached hydrogens (tertiary/aromatic N) is 2. The molecule has 2 aromatic rings. The average Bonchev–Trinajstić information content (AvgIpc) is 2.61. The fourth-order valence-corrected chi connectivity index (χ4v) is 2.93. The molecule has 0 aliphatic carbocycles. The normalized spacial score (nSPS) is 10.9. The molecule has 1 amide bonds. The molecule has 0 saturated carbocycles. The number of hydrogen-bond acceptors (Lipinski definition) is 5. The van der Waals surface area contributed by atoms with E-state index < -0.39 is 6.36 Å². The molecule has 1 aromatic heterocycles. The maximum atomic E-state index is 12.1. The molecule has 142 valence electrons. The topological polar surface area (TPSA) is 75.0 Å². The van der Waals surface area contributed by atoms with E-state index in [4.69, 9.17) is 5.26 Å². The molecule has 0 atom stereocenters. The van der Waals surface area contributed by atoms with Gasteiger partial charge in [-0.1, -0.05) is 25.1 Å². The molecule has 1 heterocycles. The van der Waals surface area contributed by atoms with Crippen molar-refractivity contribution in [2.45, 2.75) is 31.2 Å². The van der Waals surface area contributed by atoms with Gasteiger partial charge in [-0.15, -0.1) is 13.2 Å². The summed E-state index contributed by atoms with van der Waals surface area (Å²) in [5.74, 6) is -0.723. The zero-order chi connectivity index (χ0) is 19.9. The Morgan fingerprint density at radius 2 is 1.96 bits per heavy atom. The molecular formula is C18H16F3N3O2S. The van der Waals surface area contributed by atoms with E-state index in [-0.39, 0.29) is 17.4 Å². The van der Waals surface area contributed by atoms with Crippen molar-refractivity contribution in [3.05, 3.63) is 47.7 Å². The van der Waals surface area contributed by atoms with Crippen molar-refractivity contribution >= 4 is 23.4 Å². The van der Waals surface area contributed by atoms with Crippen LogP contribution in [0.1, 0.15) is 24.6 Å². The van der Waals surface area contributed by atoms with Gasteiger partial charge in [-0.3, -0.25) is 4.79 Å². The van der Waals surface area contributed by atoms with Gasteiger partial charge in [0.25, 0.3) is 0 Å². The molecule has 0 fully saturated rings. The molecule has 0 spiro atoms. The zero-order valence-electron chi connectivity index (χ0n) is 14.3. The van der Waals surface area contributed by atoms with Gasteiger partial charge in [0.15, 0.2) is 0 Å². The third-order valence-electron chi connectivity index (χ3n) is 3.26. The lowest BCUT2D eigenvalue weighted by atomic mass is 10.2. The van der Waals surface area contributed by atoms with E-state index in [1.54, 1.807) is 12.1 Å². The number of aryl methyl sites for hydroxylation is 1. The number of alkyl halides is 3. The second kappa shape index (κ2) is 9.28. The number of pyridine rings is 1. The number of benzene rings is 1. The van der Waals surface area contributed by atoms with Crippen LogP contribution in [0, 0.1) is 11.3 Å². The molecule has 0 saturated heterocycles. The highest BCUT2D eigenvalue weighted by Gasteiger charge is 2.30. The number of nitriles is 1. The number of carbonyl (C=O) groups excluding carboxylic acids is 1. The van der Waals surface area contributed by atoms with Gasteiger partial charge in [0.05, 0.1) is 11.3 Å². The summed E-state index contributed by atoms with van der Waals surface area (Å²) in [4.78, 5) is 16.5. The predicted octanol–water partition coefficient (Wildman–Crippen LogP) is 4.54. The Labute approximate surface area is 158 Å². The average molecular weight is 395 g/mol. The number of nitrogens with one attached hydrogen (secondary N) is 1. The van der Waals surface area contributed by atoms with Gasteiger partial charge < -0.3 is 10.1 Å². The lowest BCUT2D eigenvalue weighted by Crippen LogP contribution is -2.17. The maximum Gasteiger partial charge on any atom is 0.573 e. The Kier molecular flexibility index (Phi) is 7.07. The molecular weight excluding hydrogens is 379 g/mol. The minimum absolute atomic E-state index is 0.0120. The minimum Gasteiger partial charge on any atom is -0.406 e. The monoisotopic (exact) mass is 395 g/mol. The van der Waals surface area contributed by atoms with Gasteiger partial charge in [-0.25, -0.2) is 4.98 Å². The first kappa shape index (κ1) is 20.6. The van der Waals surface area contributed by atoms with Gasteiger partial charge in [-0.2, -0.15) is 5.26 Å². The van der Waals surface area contributed by atoms with Crippen molar-refractivity contribution in [1.82, 2.24) is 4.98 Å². The Morgan fingerprint density at radius 1 is 1.26 bits per heavy atom. The summed E-state index contributed by atoms with van der Waals surface area (Å²) < 4.78 is 40.2. The molecule has 0 aliphatic heterocycles. The van der Waals surface area contributed by atoms with Crippen LogP contribution < -0.4 is 10.1 Å². The summed E-state index contributed by atoms with van der Waals surface area (Å²) in [5.41, 5.74) is 1.57. The number of hydrogen-bond donors (Lipinski definition) is 1. The first-order chi connectivity index (χ1) is 12.8. The third kappa shape index (κ3) is 6.83. The van der Waals surface area contributed by atoms with E-state index in [1.807, 2.05) is 13.0 Å². The van der Waals surface area contributed by atoms with Crippen molar-refractivity contribution in [3.8, 4) is 11.8 Å². The van der Waals surface area contributed by atoms with Crippen LogP contribution in [0.3, 0.4) is 0 Å². The number of ether oxygens (including phenoxy) is 1. The van der Waals surface area contributed by atoms with Crippen LogP contribution in [0.2, 0.25) is 0 Å². The van der Waals surface area contributed by atoms with Crippen molar-refractivity contribution in [2.24, 2.45) is 0 Å². The number of rotatable bonds is 7. The van der Waals surface area contributed by atoms with Crippen molar-refractivity contribution in [3.63, 3.8) is 0 Å². The van der Waals surface area contributed by atoms with E-state index in [9.17, 15) is 18.0 Å². The first-order valence-corrected chi connectivity index (χ1v) is 8.97. The number of aromatic nitrogens is 1. The number of amides is 1. The number of thioether (sulfide) groups is 1. The van der Waals surface area contributed by atoms with Gasteiger partial charge in [0.2, 0.25) is 5.91 Å². The highest BCUT2D eigenvalue weighted by molar-refractivity contribution is 8.00. The standard InChI is InChI=1S/C18H16F3N3O2S/c1-2-3-13-5-4-12(10-22)17(24-13)27-11-16(25)23-14-6-8-15(9-7-14)26-18(19,20)21/h4-9H,2-3,11H2,1H3,(H,23,25). The molecule has 0 aliphatic rings. The summed E-state index contributed by atoms with van der Waals surface area (Å²) in [6.45, 7) is 2.02. The fraction of sp³-hybridized carbons (Fsp3) is 0.278. The fourth-order valence-electron chi connectivity index (χ4n) is 2.14. The van der Waals surface area contributed by atoms with Crippen LogP contribution in [-0.4, -0.2) is 23.0 Å². The van der Waals surface area contributed by atoms with E-state index in [1.165, 1.54) is 12.1 Å². The number of anilines is 1. The number of halogens is 3. The third-order valence-corrected chi connectivity index (χ3v) is 4.25. The van der Waals surface area contributed by atoms with Gasteiger partial charge in [0.1, 0.15) is 16.8 Å².